The minimum Gasteiger partial charge on any atom is -0.470 e. The summed E-state index contributed by atoms with van der Waals surface area (Å²) in [6.45, 7) is 3.14. The Morgan fingerprint density at radius 1 is 1.53 bits per heavy atom. The topological polar surface area (TPSA) is 58.6 Å². The zero-order chi connectivity index (χ0) is 13.1. The molecule has 5 nitrogen and oxygen atoms in total. The van der Waals surface area contributed by atoms with E-state index in [0.717, 1.165) is 6.54 Å². The predicted octanol–water partition coefficient (Wildman–Crippen LogP) is 0.0163. The number of nitrogens with zero attached hydrogens (tertiary/aromatic N) is 1. The van der Waals surface area contributed by atoms with Crippen molar-refractivity contribution in [1.29, 1.82) is 0 Å². The Balaban J connectivity index is 2.36. The zero-order valence-corrected chi connectivity index (χ0v) is 12.2. The SMILES string of the molecule is CN(C)CCOC(=S)NC1(C)CCS(=O)(=O)C1. The fourth-order valence-electron chi connectivity index (χ4n) is 1.71. The fourth-order valence-corrected chi connectivity index (χ4v) is 4.14. The molecule has 0 bridgehead atoms. The van der Waals surface area contributed by atoms with E-state index in [0.29, 0.717) is 13.0 Å². The van der Waals surface area contributed by atoms with Gasteiger partial charge < -0.3 is 15.0 Å². The lowest BCUT2D eigenvalue weighted by Crippen LogP contribution is -2.47. The molecule has 0 aromatic carbocycles. The van der Waals surface area contributed by atoms with Crippen molar-refractivity contribution < 1.29 is 13.2 Å². The number of nitrogens with one attached hydrogen (secondary N) is 1. The maximum absolute atomic E-state index is 11.4. The summed E-state index contributed by atoms with van der Waals surface area (Å²) in [7, 11) is 0.979. The van der Waals surface area contributed by atoms with Crippen molar-refractivity contribution in [1.82, 2.24) is 10.2 Å². The highest BCUT2D eigenvalue weighted by atomic mass is 32.2. The van der Waals surface area contributed by atoms with Gasteiger partial charge in [-0.1, -0.05) is 0 Å². The molecule has 1 unspecified atom stereocenters. The maximum Gasteiger partial charge on any atom is 0.257 e. The second-order valence-corrected chi connectivity index (χ2v) is 7.52. The minimum absolute atomic E-state index is 0.122. The number of ether oxygens (including phenoxy) is 1. The molecule has 0 radical (unpaired) electrons. The first-order valence-electron chi connectivity index (χ1n) is 5.53. The van der Waals surface area contributed by atoms with Crippen LogP contribution in [0.3, 0.4) is 0 Å². The normalized spacial score (nSPS) is 27.1. The molecule has 0 aliphatic carbocycles. The molecule has 1 aliphatic rings. The smallest absolute Gasteiger partial charge is 0.257 e. The molecule has 1 atom stereocenters. The molecule has 0 aromatic heterocycles. The van der Waals surface area contributed by atoms with E-state index in [-0.39, 0.29) is 16.7 Å². The van der Waals surface area contributed by atoms with Crippen molar-refractivity contribution in [3.63, 3.8) is 0 Å². The fraction of sp³-hybridized carbons (Fsp3) is 0.900. The number of thiocarbonyl (C=S) groups is 1. The summed E-state index contributed by atoms with van der Waals surface area (Å²) in [6, 6.07) is 0. The molecule has 0 spiro atoms. The molecular formula is C10H20N2O3S2. The molecule has 7 heteroatoms. The van der Waals surface area contributed by atoms with Crippen LogP contribution < -0.4 is 5.32 Å². The average Bonchev–Trinajstić information content (AvgIpc) is 2.39. The second kappa shape index (κ2) is 5.49. The van der Waals surface area contributed by atoms with Gasteiger partial charge >= 0.3 is 0 Å². The van der Waals surface area contributed by atoms with Gasteiger partial charge in [0.05, 0.1) is 17.0 Å². The number of likely N-dealkylation sites (N-methyl/N-ethyl adjacent to an activating group) is 1. The summed E-state index contributed by atoms with van der Waals surface area (Å²) in [6.07, 6.45) is 0.576. The van der Waals surface area contributed by atoms with Gasteiger partial charge in [-0.25, -0.2) is 8.42 Å². The summed E-state index contributed by atoms with van der Waals surface area (Å²) >= 11 is 5.04. The summed E-state index contributed by atoms with van der Waals surface area (Å²) in [5.41, 5.74) is -0.478. The van der Waals surface area contributed by atoms with E-state index >= 15 is 0 Å². The van der Waals surface area contributed by atoms with Crippen LogP contribution in [0.25, 0.3) is 0 Å². The lowest BCUT2D eigenvalue weighted by molar-refractivity contribution is 0.240. The summed E-state index contributed by atoms with van der Waals surface area (Å²) in [5.74, 6) is 0.341. The Kier molecular flexibility index (Phi) is 4.74. The van der Waals surface area contributed by atoms with Crippen LogP contribution in [0.15, 0.2) is 0 Å². The summed E-state index contributed by atoms with van der Waals surface area (Å²) in [5, 5.41) is 3.28. The van der Waals surface area contributed by atoms with Crippen LogP contribution in [-0.2, 0) is 14.6 Å². The molecule has 1 aliphatic heterocycles. The molecule has 1 fully saturated rings. The lowest BCUT2D eigenvalue weighted by Gasteiger charge is -2.25. The van der Waals surface area contributed by atoms with Gasteiger partial charge in [-0.15, -0.1) is 0 Å². The van der Waals surface area contributed by atoms with Crippen LogP contribution >= 0.6 is 12.2 Å². The summed E-state index contributed by atoms with van der Waals surface area (Å²) < 4.78 is 28.1. The number of rotatable bonds is 4. The minimum atomic E-state index is -2.92. The Morgan fingerprint density at radius 2 is 2.18 bits per heavy atom. The molecular weight excluding hydrogens is 260 g/mol. The van der Waals surface area contributed by atoms with Gasteiger partial charge in [-0.2, -0.15) is 0 Å². The lowest BCUT2D eigenvalue weighted by atomic mass is 10.0. The van der Waals surface area contributed by atoms with Crippen molar-refractivity contribution >= 4 is 27.2 Å². The Morgan fingerprint density at radius 3 is 2.65 bits per heavy atom. The van der Waals surface area contributed by atoms with E-state index in [1.165, 1.54) is 0 Å². The first-order valence-corrected chi connectivity index (χ1v) is 7.75. The first-order chi connectivity index (χ1) is 7.72. The van der Waals surface area contributed by atoms with Gasteiger partial charge in [0.1, 0.15) is 6.61 Å². The van der Waals surface area contributed by atoms with E-state index in [1.807, 2.05) is 25.9 Å². The van der Waals surface area contributed by atoms with Gasteiger partial charge in [0.25, 0.3) is 5.17 Å². The van der Waals surface area contributed by atoms with Crippen molar-refractivity contribution in [3.8, 4) is 0 Å². The van der Waals surface area contributed by atoms with E-state index in [4.69, 9.17) is 17.0 Å². The predicted molar refractivity (Wildman–Crippen MR) is 71.9 cm³/mol. The van der Waals surface area contributed by atoms with E-state index in [1.54, 1.807) is 0 Å². The standard InChI is InChI=1S/C10H20N2O3S2/c1-10(4-7-17(13,14)8-10)11-9(16)15-6-5-12(2)3/h4-8H2,1-3H3,(H,11,16). The quantitative estimate of drug-likeness (QED) is 0.733. The Hall–Kier alpha value is -0.400. The van der Waals surface area contributed by atoms with Gasteiger partial charge in [-0.05, 0) is 39.7 Å². The third kappa shape index (κ3) is 5.18. The van der Waals surface area contributed by atoms with Crippen LogP contribution in [0.5, 0.6) is 0 Å². The van der Waals surface area contributed by atoms with Crippen molar-refractivity contribution in [3.05, 3.63) is 0 Å². The highest BCUT2D eigenvalue weighted by Crippen LogP contribution is 2.22. The molecule has 1 rings (SSSR count). The van der Waals surface area contributed by atoms with Gasteiger partial charge in [0, 0.05) is 6.54 Å². The third-order valence-electron chi connectivity index (χ3n) is 2.68. The van der Waals surface area contributed by atoms with Gasteiger partial charge in [0.15, 0.2) is 9.84 Å². The first kappa shape index (κ1) is 14.7. The number of hydrogen-bond acceptors (Lipinski definition) is 5. The Bertz CT molecular complexity index is 381. The average molecular weight is 280 g/mol. The number of sulfone groups is 1. The maximum atomic E-state index is 11.4. The van der Waals surface area contributed by atoms with E-state index < -0.39 is 15.4 Å². The molecule has 0 amide bonds. The van der Waals surface area contributed by atoms with Crippen molar-refractivity contribution in [2.24, 2.45) is 0 Å². The molecule has 1 N–H and O–H groups in total. The molecule has 17 heavy (non-hydrogen) atoms. The highest BCUT2D eigenvalue weighted by molar-refractivity contribution is 7.91. The second-order valence-electron chi connectivity index (χ2n) is 4.97. The largest absolute Gasteiger partial charge is 0.470 e. The zero-order valence-electron chi connectivity index (χ0n) is 10.5. The highest BCUT2D eigenvalue weighted by Gasteiger charge is 2.39. The van der Waals surface area contributed by atoms with Crippen molar-refractivity contribution in [2.45, 2.75) is 18.9 Å². The van der Waals surface area contributed by atoms with Crippen LogP contribution in [0, 0.1) is 0 Å². The van der Waals surface area contributed by atoms with Gasteiger partial charge in [-0.3, -0.25) is 0 Å². The van der Waals surface area contributed by atoms with Crippen LogP contribution in [-0.4, -0.2) is 62.8 Å². The van der Waals surface area contributed by atoms with Crippen LogP contribution in [0.1, 0.15) is 13.3 Å². The number of hydrogen-bond donors (Lipinski definition) is 1. The molecule has 0 saturated carbocycles. The van der Waals surface area contributed by atoms with Crippen LogP contribution in [0.4, 0.5) is 0 Å². The van der Waals surface area contributed by atoms with Crippen LogP contribution in [0.2, 0.25) is 0 Å². The molecule has 0 aromatic rings. The van der Waals surface area contributed by atoms with E-state index in [2.05, 4.69) is 5.32 Å². The monoisotopic (exact) mass is 280 g/mol. The molecule has 1 saturated heterocycles. The third-order valence-corrected chi connectivity index (χ3v) is 4.80. The summed E-state index contributed by atoms with van der Waals surface area (Å²) in [4.78, 5) is 1.99. The van der Waals surface area contributed by atoms with E-state index in [9.17, 15) is 8.42 Å². The van der Waals surface area contributed by atoms with Crippen molar-refractivity contribution in [2.75, 3.05) is 38.8 Å². The molecule has 100 valence electrons. The molecule has 1 heterocycles. The van der Waals surface area contributed by atoms with Gasteiger partial charge in [0.2, 0.25) is 0 Å². The Labute approximate surface area is 108 Å².